The molecule has 8 nitrogen and oxygen atoms in total. The zero-order valence-electron chi connectivity index (χ0n) is 23.0. The summed E-state index contributed by atoms with van der Waals surface area (Å²) in [5, 5.41) is 2.25. The summed E-state index contributed by atoms with van der Waals surface area (Å²) in [5.74, 6) is 1.18. The molecule has 4 aromatic rings. The van der Waals surface area contributed by atoms with Crippen LogP contribution < -0.4 is 5.73 Å². The van der Waals surface area contributed by atoms with E-state index in [1.165, 1.54) is 11.3 Å². The number of nitrogens with two attached hydrogens (primary N) is 1. The minimum atomic E-state index is -0.822. The van der Waals surface area contributed by atoms with E-state index in [4.69, 9.17) is 15.7 Å². The van der Waals surface area contributed by atoms with Crippen molar-refractivity contribution in [3.63, 3.8) is 0 Å². The highest BCUT2D eigenvalue weighted by Gasteiger charge is 2.29. The molecule has 4 heterocycles. The number of para-hydroxylation sites is 1. The van der Waals surface area contributed by atoms with Crippen molar-refractivity contribution >= 4 is 38.5 Å². The molecule has 1 aromatic carbocycles. The number of nitrogens with zero attached hydrogens (tertiary/aromatic N) is 5. The lowest BCUT2D eigenvalue weighted by molar-refractivity contribution is -0.131. The van der Waals surface area contributed by atoms with Gasteiger partial charge in [-0.05, 0) is 69.0 Å². The zero-order chi connectivity index (χ0) is 27.5. The Labute approximate surface area is 238 Å². The second-order valence-corrected chi connectivity index (χ2v) is 12.6. The molecule has 1 amide bonds. The predicted octanol–water partition coefficient (Wildman–Crippen LogP) is 3.79. The number of carbonyl (C=O) groups excluding carboxylic acids is 1. The van der Waals surface area contributed by atoms with E-state index in [9.17, 15) is 9.00 Å². The van der Waals surface area contributed by atoms with E-state index in [1.807, 2.05) is 29.4 Å². The van der Waals surface area contributed by atoms with Gasteiger partial charge in [0.25, 0.3) is 0 Å². The molecule has 6 rings (SSSR count). The van der Waals surface area contributed by atoms with Gasteiger partial charge in [0.2, 0.25) is 5.91 Å². The lowest BCUT2D eigenvalue weighted by atomic mass is 9.90. The van der Waals surface area contributed by atoms with E-state index >= 15 is 0 Å². The van der Waals surface area contributed by atoms with Gasteiger partial charge in [-0.2, -0.15) is 0 Å². The van der Waals surface area contributed by atoms with Crippen molar-refractivity contribution in [3.8, 4) is 0 Å². The number of hydrogen-bond acceptors (Lipinski definition) is 6. The molecule has 1 fully saturated rings. The van der Waals surface area contributed by atoms with Crippen molar-refractivity contribution < 1.29 is 9.00 Å². The highest BCUT2D eigenvalue weighted by atomic mass is 32.2. The van der Waals surface area contributed by atoms with Gasteiger partial charge in [-0.1, -0.05) is 24.3 Å². The third-order valence-electron chi connectivity index (χ3n) is 8.44. The van der Waals surface area contributed by atoms with E-state index in [0.717, 1.165) is 66.1 Å². The highest BCUT2D eigenvalue weighted by molar-refractivity contribution is 7.85. The molecular formula is C31H38N6O2S. The molecule has 2 aliphatic rings. The summed E-state index contributed by atoms with van der Waals surface area (Å²) in [4.78, 5) is 27.7. The summed E-state index contributed by atoms with van der Waals surface area (Å²) < 4.78 is 14.0. The average molecular weight is 559 g/mol. The zero-order valence-corrected chi connectivity index (χ0v) is 23.8. The maximum Gasteiger partial charge on any atom is 0.242 e. The average Bonchev–Trinajstić information content (AvgIpc) is 3.31. The first kappa shape index (κ1) is 27.1. The topological polar surface area (TPSA) is 97.4 Å². The molecule has 9 heteroatoms. The van der Waals surface area contributed by atoms with Crippen molar-refractivity contribution in [3.05, 3.63) is 71.8 Å². The summed E-state index contributed by atoms with van der Waals surface area (Å²) in [6, 6.07) is 14.9. The van der Waals surface area contributed by atoms with Gasteiger partial charge in [0, 0.05) is 70.6 Å². The van der Waals surface area contributed by atoms with E-state index in [1.54, 1.807) is 0 Å². The lowest BCUT2D eigenvalue weighted by Gasteiger charge is -2.35. The van der Waals surface area contributed by atoms with E-state index in [2.05, 4.69) is 39.8 Å². The summed E-state index contributed by atoms with van der Waals surface area (Å²) >= 11 is 0. The Kier molecular flexibility index (Phi) is 8.22. The molecule has 0 spiro atoms. The Balaban J connectivity index is 1.39. The van der Waals surface area contributed by atoms with Gasteiger partial charge >= 0.3 is 0 Å². The standard InChI is InChI=1S/C31H38N6O2S/c32-13-3-4-16-36(28-11-5-7-23-8-6-14-34-30(23)28)21-26-31-25(12-15-33-26)24-9-1-2-10-27(24)37(31)22-29(38)35-17-19-40(39)20-18-35/h1-2,6,8-10,12,14-15,28H,3-5,7,11,13,16-22,32H2. The number of unbranched alkanes of at least 4 members (excludes halogenated alkanes) is 1. The fourth-order valence-electron chi connectivity index (χ4n) is 6.41. The van der Waals surface area contributed by atoms with Gasteiger partial charge in [-0.15, -0.1) is 0 Å². The van der Waals surface area contributed by atoms with Crippen LogP contribution in [-0.2, 0) is 35.1 Å². The minimum absolute atomic E-state index is 0.0689. The SMILES string of the molecule is NCCCCN(Cc1nccc2c3ccccc3n(CC(=O)N3CCS(=O)CC3)c12)C1CCCc2cccnc21. The van der Waals surface area contributed by atoms with Crippen LogP contribution in [-0.4, -0.2) is 72.1 Å². The molecule has 1 saturated heterocycles. The van der Waals surface area contributed by atoms with Crippen LogP contribution in [0.25, 0.3) is 21.8 Å². The molecule has 1 aliphatic carbocycles. The van der Waals surface area contributed by atoms with Gasteiger partial charge in [0.1, 0.15) is 6.54 Å². The van der Waals surface area contributed by atoms with Gasteiger partial charge in [0.05, 0.1) is 22.9 Å². The normalized spacial score (nSPS) is 18.1. The van der Waals surface area contributed by atoms with Gasteiger partial charge < -0.3 is 15.2 Å². The molecule has 0 radical (unpaired) electrons. The molecule has 3 aromatic heterocycles. The number of carbonyl (C=O) groups is 1. The van der Waals surface area contributed by atoms with Gasteiger partial charge in [-0.3, -0.25) is 23.9 Å². The first-order chi connectivity index (χ1) is 19.6. The molecule has 40 heavy (non-hydrogen) atoms. The molecule has 1 atom stereocenters. The van der Waals surface area contributed by atoms with Crippen LogP contribution in [0.5, 0.6) is 0 Å². The van der Waals surface area contributed by atoms with E-state index < -0.39 is 10.8 Å². The fraction of sp³-hybridized carbons (Fsp3) is 0.452. The van der Waals surface area contributed by atoms with Crippen LogP contribution in [0.2, 0.25) is 0 Å². The van der Waals surface area contributed by atoms with Crippen LogP contribution >= 0.6 is 0 Å². The molecule has 2 N–H and O–H groups in total. The monoisotopic (exact) mass is 558 g/mol. The maximum atomic E-state index is 13.5. The van der Waals surface area contributed by atoms with E-state index in [-0.39, 0.29) is 18.5 Å². The predicted molar refractivity (Wildman–Crippen MR) is 160 cm³/mol. The number of aryl methyl sites for hydroxylation is 1. The van der Waals surface area contributed by atoms with E-state index in [0.29, 0.717) is 37.7 Å². The van der Waals surface area contributed by atoms with Crippen LogP contribution in [0.4, 0.5) is 0 Å². The largest absolute Gasteiger partial charge is 0.339 e. The van der Waals surface area contributed by atoms with Gasteiger partial charge in [0.15, 0.2) is 0 Å². The third kappa shape index (κ3) is 5.42. The molecule has 1 unspecified atom stereocenters. The maximum absolute atomic E-state index is 13.5. The Morgan fingerprint density at radius 2 is 1.88 bits per heavy atom. The number of fused-ring (bicyclic) bond motifs is 4. The summed E-state index contributed by atoms with van der Waals surface area (Å²) in [6.07, 6.45) is 9.10. The number of rotatable bonds is 9. The first-order valence-electron chi connectivity index (χ1n) is 14.5. The van der Waals surface area contributed by atoms with Crippen molar-refractivity contribution in [1.29, 1.82) is 0 Å². The second kappa shape index (κ2) is 12.2. The molecule has 0 saturated carbocycles. The summed E-state index contributed by atoms with van der Waals surface area (Å²) in [7, 11) is -0.822. The van der Waals surface area contributed by atoms with Gasteiger partial charge in [-0.25, -0.2) is 0 Å². The smallest absolute Gasteiger partial charge is 0.242 e. The lowest BCUT2D eigenvalue weighted by Crippen LogP contribution is -2.43. The number of hydrogen-bond donors (Lipinski definition) is 1. The number of pyridine rings is 2. The Bertz CT molecular complexity index is 1530. The number of amides is 1. The Morgan fingerprint density at radius 1 is 1.02 bits per heavy atom. The fourth-order valence-corrected chi connectivity index (χ4v) is 7.46. The van der Waals surface area contributed by atoms with Crippen molar-refractivity contribution in [1.82, 2.24) is 24.3 Å². The van der Waals surface area contributed by atoms with Crippen LogP contribution in [0.3, 0.4) is 0 Å². The molecule has 1 aliphatic heterocycles. The third-order valence-corrected chi connectivity index (χ3v) is 9.71. The van der Waals surface area contributed by atoms with Crippen LogP contribution in [0.1, 0.15) is 48.7 Å². The number of benzene rings is 1. The van der Waals surface area contributed by atoms with Crippen molar-refractivity contribution in [2.45, 2.75) is 51.2 Å². The first-order valence-corrected chi connectivity index (χ1v) is 16.0. The van der Waals surface area contributed by atoms with Crippen molar-refractivity contribution in [2.24, 2.45) is 5.73 Å². The molecule has 210 valence electrons. The Hall–Kier alpha value is -3.14. The van der Waals surface area contributed by atoms with Crippen LogP contribution in [0, 0.1) is 0 Å². The summed E-state index contributed by atoms with van der Waals surface area (Å²) in [6.45, 7) is 3.63. The van der Waals surface area contributed by atoms with Crippen molar-refractivity contribution in [2.75, 3.05) is 37.7 Å². The molecular weight excluding hydrogens is 520 g/mol. The summed E-state index contributed by atoms with van der Waals surface area (Å²) in [5.41, 5.74) is 11.5. The number of aromatic nitrogens is 3. The Morgan fingerprint density at radius 3 is 2.73 bits per heavy atom. The highest BCUT2D eigenvalue weighted by Crippen LogP contribution is 2.36. The second-order valence-electron chi connectivity index (χ2n) is 10.9. The van der Waals surface area contributed by atoms with Crippen LogP contribution in [0.15, 0.2) is 54.9 Å². The molecule has 0 bridgehead atoms. The quantitative estimate of drug-likeness (QED) is 0.314. The minimum Gasteiger partial charge on any atom is -0.339 e.